The Morgan fingerprint density at radius 1 is 1.12 bits per heavy atom. The number of imide groups is 1. The van der Waals surface area contributed by atoms with Gasteiger partial charge in [-0.3, -0.25) is 10.1 Å². The van der Waals surface area contributed by atoms with Gasteiger partial charge in [0, 0.05) is 0 Å². The molecule has 0 unspecified atom stereocenters. The van der Waals surface area contributed by atoms with Gasteiger partial charge in [-0.25, -0.2) is 9.59 Å². The Labute approximate surface area is 153 Å². The number of carbonyl (C=O) groups excluding carboxylic acids is 3. The van der Waals surface area contributed by atoms with Gasteiger partial charge in [0.2, 0.25) is 0 Å². The van der Waals surface area contributed by atoms with Gasteiger partial charge in [0.05, 0.1) is 19.3 Å². The summed E-state index contributed by atoms with van der Waals surface area (Å²) >= 11 is 0. The van der Waals surface area contributed by atoms with Crippen LogP contribution in [0, 0.1) is 11.8 Å². The summed E-state index contributed by atoms with van der Waals surface area (Å²) in [7, 11) is 1.46. The second kappa shape index (κ2) is 9.65. The minimum atomic E-state index is -1.15. The topological polar surface area (TPSA) is 117 Å². The summed E-state index contributed by atoms with van der Waals surface area (Å²) in [6.07, 6.45) is -1.15. The van der Waals surface area contributed by atoms with E-state index in [1.165, 1.54) is 19.2 Å². The predicted molar refractivity (Wildman–Crippen MR) is 95.1 cm³/mol. The Morgan fingerprint density at radius 2 is 1.77 bits per heavy atom. The molecular weight excluding hydrogens is 340 g/mol. The maximum atomic E-state index is 12.4. The van der Waals surface area contributed by atoms with Crippen LogP contribution in [-0.4, -0.2) is 37.7 Å². The molecule has 8 nitrogen and oxygen atoms in total. The first-order valence-corrected chi connectivity index (χ1v) is 8.27. The molecule has 1 aromatic carbocycles. The van der Waals surface area contributed by atoms with Crippen LogP contribution in [0.15, 0.2) is 18.2 Å². The van der Waals surface area contributed by atoms with Crippen LogP contribution >= 0.6 is 0 Å². The van der Waals surface area contributed by atoms with E-state index in [1.54, 1.807) is 19.9 Å². The lowest BCUT2D eigenvalue weighted by Crippen LogP contribution is -2.45. The summed E-state index contributed by atoms with van der Waals surface area (Å²) in [6, 6.07) is 3.58. The van der Waals surface area contributed by atoms with Crippen LogP contribution in [0.5, 0.6) is 11.5 Å². The van der Waals surface area contributed by atoms with E-state index in [1.807, 2.05) is 19.2 Å². The molecular formula is C18H26N2O6. The first-order chi connectivity index (χ1) is 12.1. The second-order valence-electron chi connectivity index (χ2n) is 6.49. The molecule has 0 aromatic heterocycles. The highest BCUT2D eigenvalue weighted by Crippen LogP contribution is 2.29. The zero-order valence-corrected chi connectivity index (χ0v) is 15.7. The van der Waals surface area contributed by atoms with Crippen molar-refractivity contribution in [2.45, 2.75) is 33.8 Å². The third kappa shape index (κ3) is 6.27. The summed E-state index contributed by atoms with van der Waals surface area (Å²) in [6.45, 7) is 7.90. The lowest BCUT2D eigenvalue weighted by Gasteiger charge is -2.20. The van der Waals surface area contributed by atoms with Crippen molar-refractivity contribution in [3.8, 4) is 11.5 Å². The van der Waals surface area contributed by atoms with Crippen LogP contribution in [0.4, 0.5) is 4.79 Å². The zero-order chi connectivity index (χ0) is 19.9. The van der Waals surface area contributed by atoms with Crippen molar-refractivity contribution in [2.75, 3.05) is 13.7 Å². The number of rotatable bonds is 8. The van der Waals surface area contributed by atoms with Gasteiger partial charge >= 0.3 is 12.0 Å². The van der Waals surface area contributed by atoms with Gasteiger partial charge in [0.1, 0.15) is 0 Å². The van der Waals surface area contributed by atoms with E-state index < -0.39 is 24.0 Å². The fourth-order valence-corrected chi connectivity index (χ4v) is 2.04. The van der Waals surface area contributed by atoms with Gasteiger partial charge in [-0.1, -0.05) is 27.7 Å². The van der Waals surface area contributed by atoms with E-state index in [0.717, 1.165) is 0 Å². The lowest BCUT2D eigenvalue weighted by molar-refractivity contribution is -0.130. The molecule has 0 aliphatic rings. The van der Waals surface area contributed by atoms with E-state index in [2.05, 4.69) is 0 Å². The fraction of sp³-hybridized carbons (Fsp3) is 0.500. The maximum Gasteiger partial charge on any atom is 0.339 e. The minimum Gasteiger partial charge on any atom is -0.493 e. The van der Waals surface area contributed by atoms with Crippen molar-refractivity contribution in [1.82, 2.24) is 5.32 Å². The largest absolute Gasteiger partial charge is 0.493 e. The van der Waals surface area contributed by atoms with Gasteiger partial charge in [-0.2, -0.15) is 0 Å². The molecule has 0 fully saturated rings. The summed E-state index contributed by atoms with van der Waals surface area (Å²) in [5, 5.41) is 1.92. The van der Waals surface area contributed by atoms with Gasteiger partial charge in [0.15, 0.2) is 17.6 Å². The molecule has 3 N–H and O–H groups in total. The molecule has 8 heteroatoms. The summed E-state index contributed by atoms with van der Waals surface area (Å²) in [5.74, 6) is -0.636. The number of nitrogens with one attached hydrogen (secondary N) is 1. The normalized spacial score (nSPS) is 11.8. The fourth-order valence-electron chi connectivity index (χ4n) is 2.04. The number of methoxy groups -OCH3 is 1. The maximum absolute atomic E-state index is 12.4. The quantitative estimate of drug-likeness (QED) is 0.681. The van der Waals surface area contributed by atoms with Crippen LogP contribution in [0.1, 0.15) is 38.1 Å². The number of primary amides is 1. The van der Waals surface area contributed by atoms with E-state index in [9.17, 15) is 14.4 Å². The van der Waals surface area contributed by atoms with Crippen LogP contribution in [0.25, 0.3) is 0 Å². The average molecular weight is 366 g/mol. The van der Waals surface area contributed by atoms with E-state index in [-0.39, 0.29) is 11.5 Å². The molecule has 3 amide bonds. The molecule has 0 radical (unpaired) electrons. The van der Waals surface area contributed by atoms with E-state index in [4.69, 9.17) is 19.9 Å². The summed E-state index contributed by atoms with van der Waals surface area (Å²) in [5.41, 5.74) is 5.13. The Kier molecular flexibility index (Phi) is 7.89. The molecule has 0 bridgehead atoms. The number of nitrogens with two attached hydrogens (primary N) is 1. The molecule has 1 rings (SSSR count). The van der Waals surface area contributed by atoms with Crippen LogP contribution < -0.4 is 20.5 Å². The van der Waals surface area contributed by atoms with Crippen molar-refractivity contribution < 1.29 is 28.6 Å². The first-order valence-electron chi connectivity index (χ1n) is 8.27. The molecule has 26 heavy (non-hydrogen) atoms. The standard InChI is InChI=1S/C18H26N2O6/c1-10(2)9-25-13-7-6-12(8-14(13)24-5)17(22)26-15(11(3)4)16(21)20-18(19)23/h6-8,10-11,15H,9H2,1-5H3,(H3,19,20,21,23)/t15-/m1/s1. The minimum absolute atomic E-state index is 0.191. The Morgan fingerprint density at radius 3 is 2.27 bits per heavy atom. The Balaban J connectivity index is 2.94. The molecule has 0 saturated carbocycles. The van der Waals surface area contributed by atoms with Crippen molar-refractivity contribution in [2.24, 2.45) is 17.6 Å². The summed E-state index contributed by atoms with van der Waals surface area (Å²) in [4.78, 5) is 35.2. The van der Waals surface area contributed by atoms with Gasteiger partial charge in [-0.05, 0) is 30.0 Å². The molecule has 0 spiro atoms. The average Bonchev–Trinajstić information content (AvgIpc) is 2.56. The number of carbonyl (C=O) groups is 3. The third-order valence-electron chi connectivity index (χ3n) is 3.32. The highest BCUT2D eigenvalue weighted by atomic mass is 16.5. The van der Waals surface area contributed by atoms with Crippen molar-refractivity contribution in [1.29, 1.82) is 0 Å². The number of benzene rings is 1. The number of esters is 1. The number of ether oxygens (including phenoxy) is 3. The lowest BCUT2D eigenvalue weighted by atomic mass is 10.1. The zero-order valence-electron chi connectivity index (χ0n) is 15.7. The van der Waals surface area contributed by atoms with Crippen molar-refractivity contribution in [3.05, 3.63) is 23.8 Å². The second-order valence-corrected chi connectivity index (χ2v) is 6.49. The smallest absolute Gasteiger partial charge is 0.339 e. The highest BCUT2D eigenvalue weighted by Gasteiger charge is 2.28. The van der Waals surface area contributed by atoms with Gasteiger partial charge < -0.3 is 19.9 Å². The molecule has 0 heterocycles. The third-order valence-corrected chi connectivity index (χ3v) is 3.32. The van der Waals surface area contributed by atoms with Crippen molar-refractivity contribution in [3.63, 3.8) is 0 Å². The molecule has 1 atom stereocenters. The molecule has 1 aromatic rings. The van der Waals surface area contributed by atoms with Gasteiger partial charge in [-0.15, -0.1) is 0 Å². The molecule has 0 aliphatic heterocycles. The molecule has 144 valence electrons. The number of hydrogen-bond acceptors (Lipinski definition) is 6. The predicted octanol–water partition coefficient (Wildman–Crippen LogP) is 2.11. The van der Waals surface area contributed by atoms with E-state index >= 15 is 0 Å². The summed E-state index contributed by atoms with van der Waals surface area (Å²) < 4.78 is 16.1. The Bertz CT molecular complexity index is 657. The van der Waals surface area contributed by atoms with Crippen LogP contribution in [0.2, 0.25) is 0 Å². The van der Waals surface area contributed by atoms with Crippen LogP contribution in [-0.2, 0) is 9.53 Å². The van der Waals surface area contributed by atoms with Gasteiger partial charge in [0.25, 0.3) is 5.91 Å². The number of hydrogen-bond donors (Lipinski definition) is 2. The van der Waals surface area contributed by atoms with Crippen LogP contribution in [0.3, 0.4) is 0 Å². The SMILES string of the molecule is COc1cc(C(=O)O[C@@H](C(=O)NC(N)=O)C(C)C)ccc1OCC(C)C. The van der Waals surface area contributed by atoms with Crippen molar-refractivity contribution >= 4 is 17.9 Å². The Hall–Kier alpha value is -2.77. The monoisotopic (exact) mass is 366 g/mol. The number of urea groups is 1. The first kappa shape index (κ1) is 21.3. The molecule has 0 saturated heterocycles. The molecule has 0 aliphatic carbocycles. The van der Waals surface area contributed by atoms with E-state index in [0.29, 0.717) is 24.0 Å². The number of amides is 3. The highest BCUT2D eigenvalue weighted by molar-refractivity contribution is 5.98.